The molecule has 0 amide bonds. The number of allylic oxidation sites excluding steroid dienone is 2. The normalized spacial score (nSPS) is 13.7. The molecule has 0 unspecified atom stereocenters. The summed E-state index contributed by atoms with van der Waals surface area (Å²) in [6.07, 6.45) is 3.06. The highest BCUT2D eigenvalue weighted by molar-refractivity contribution is 5.98. The van der Waals surface area contributed by atoms with Crippen molar-refractivity contribution < 1.29 is 4.79 Å². The number of Topliss-reactive ketones (excluding diaryl/α,β-unsaturated/α-hetero) is 1. The lowest BCUT2D eigenvalue weighted by Gasteiger charge is -2.06. The van der Waals surface area contributed by atoms with E-state index >= 15 is 0 Å². The highest BCUT2D eigenvalue weighted by Gasteiger charge is 2.11. The minimum Gasteiger partial charge on any atom is -0.294 e. The van der Waals surface area contributed by atoms with Crippen LogP contribution in [0.3, 0.4) is 0 Å². The average Bonchev–Trinajstić information content (AvgIpc) is 2.29. The van der Waals surface area contributed by atoms with E-state index in [0.717, 1.165) is 12.0 Å². The zero-order valence-corrected chi connectivity index (χ0v) is 9.66. The van der Waals surface area contributed by atoms with Gasteiger partial charge in [0.25, 0.3) is 0 Å². The van der Waals surface area contributed by atoms with Crippen molar-refractivity contribution in [3.63, 3.8) is 0 Å². The Morgan fingerprint density at radius 1 is 1.33 bits per heavy atom. The zero-order valence-electron chi connectivity index (χ0n) is 9.66. The molecule has 0 aromatic heterocycles. The summed E-state index contributed by atoms with van der Waals surface area (Å²) in [5, 5.41) is 0. The number of carbonyl (C=O) groups is 1. The van der Waals surface area contributed by atoms with Crippen LogP contribution in [0.5, 0.6) is 0 Å². The van der Waals surface area contributed by atoms with E-state index in [9.17, 15) is 4.79 Å². The number of ketones is 1. The third-order valence-electron chi connectivity index (χ3n) is 2.56. The van der Waals surface area contributed by atoms with Crippen molar-refractivity contribution in [3.05, 3.63) is 47.5 Å². The van der Waals surface area contributed by atoms with Crippen LogP contribution in [0.4, 0.5) is 0 Å². The molecular weight excluding hydrogens is 184 g/mol. The Morgan fingerprint density at radius 3 is 2.47 bits per heavy atom. The van der Waals surface area contributed by atoms with Gasteiger partial charge in [-0.05, 0) is 13.3 Å². The molecule has 0 aliphatic heterocycles. The molecule has 0 aliphatic rings. The summed E-state index contributed by atoms with van der Waals surface area (Å²) >= 11 is 0. The van der Waals surface area contributed by atoms with Crippen molar-refractivity contribution in [2.45, 2.75) is 27.2 Å². The third-order valence-corrected chi connectivity index (χ3v) is 2.56. The van der Waals surface area contributed by atoms with E-state index in [2.05, 4.69) is 19.9 Å². The minimum atomic E-state index is -0.0210. The lowest BCUT2D eigenvalue weighted by Crippen LogP contribution is -2.09. The fourth-order valence-electron chi connectivity index (χ4n) is 1.49. The van der Waals surface area contributed by atoms with Gasteiger partial charge in [0.05, 0.1) is 0 Å². The van der Waals surface area contributed by atoms with Gasteiger partial charge >= 0.3 is 0 Å². The van der Waals surface area contributed by atoms with Crippen molar-refractivity contribution in [1.29, 1.82) is 0 Å². The Hall–Kier alpha value is -1.37. The highest BCUT2D eigenvalue weighted by Crippen LogP contribution is 2.12. The van der Waals surface area contributed by atoms with Gasteiger partial charge in [-0.3, -0.25) is 4.79 Å². The molecule has 0 aliphatic carbocycles. The van der Waals surface area contributed by atoms with Gasteiger partial charge in [-0.25, -0.2) is 0 Å². The summed E-state index contributed by atoms with van der Waals surface area (Å²) in [4.78, 5) is 12.0. The number of benzene rings is 1. The number of carbonyl (C=O) groups excluding carboxylic acids is 1. The van der Waals surface area contributed by atoms with Gasteiger partial charge in [-0.2, -0.15) is 0 Å². The monoisotopic (exact) mass is 202 g/mol. The van der Waals surface area contributed by atoms with Gasteiger partial charge in [-0.15, -0.1) is 0 Å². The molecule has 1 atom stereocenters. The molecule has 0 N–H and O–H groups in total. The van der Waals surface area contributed by atoms with E-state index in [1.54, 1.807) is 0 Å². The van der Waals surface area contributed by atoms with Crippen LogP contribution in [0.1, 0.15) is 37.6 Å². The highest BCUT2D eigenvalue weighted by atomic mass is 16.1. The summed E-state index contributed by atoms with van der Waals surface area (Å²) in [6.45, 7) is 6.12. The molecule has 0 radical (unpaired) electrons. The second kappa shape index (κ2) is 5.50. The second-order valence-electron chi connectivity index (χ2n) is 3.89. The predicted molar refractivity (Wildman–Crippen MR) is 64.0 cm³/mol. The molecule has 0 heterocycles. The summed E-state index contributed by atoms with van der Waals surface area (Å²) in [5.74, 6) is 0.177. The summed E-state index contributed by atoms with van der Waals surface area (Å²) < 4.78 is 0. The van der Waals surface area contributed by atoms with Crippen LogP contribution in [0.25, 0.3) is 0 Å². The lowest BCUT2D eigenvalue weighted by atomic mass is 9.97. The molecule has 0 saturated heterocycles. The molecule has 0 fully saturated rings. The van der Waals surface area contributed by atoms with Gasteiger partial charge < -0.3 is 0 Å². The van der Waals surface area contributed by atoms with E-state index in [-0.39, 0.29) is 11.7 Å². The zero-order chi connectivity index (χ0) is 11.3. The van der Waals surface area contributed by atoms with E-state index in [0.29, 0.717) is 0 Å². The number of hydrogen-bond donors (Lipinski definition) is 0. The molecule has 1 heteroatoms. The van der Waals surface area contributed by atoms with Crippen molar-refractivity contribution in [3.8, 4) is 0 Å². The topological polar surface area (TPSA) is 17.1 Å². The van der Waals surface area contributed by atoms with Crippen molar-refractivity contribution in [2.24, 2.45) is 5.92 Å². The van der Waals surface area contributed by atoms with Crippen LogP contribution in [0.2, 0.25) is 0 Å². The van der Waals surface area contributed by atoms with E-state index in [4.69, 9.17) is 0 Å². The molecule has 80 valence electrons. The quantitative estimate of drug-likeness (QED) is 0.535. The molecule has 1 rings (SSSR count). The molecule has 1 aromatic rings. The maximum atomic E-state index is 12.0. The SMILES string of the molecule is CC/C(C)=C/[C@@H](C)C(=O)c1ccccc1. The summed E-state index contributed by atoms with van der Waals surface area (Å²) in [5.41, 5.74) is 2.07. The fraction of sp³-hybridized carbons (Fsp3) is 0.357. The summed E-state index contributed by atoms with van der Waals surface area (Å²) in [7, 11) is 0. The van der Waals surface area contributed by atoms with E-state index in [1.807, 2.05) is 37.3 Å². The van der Waals surface area contributed by atoms with Gasteiger partial charge in [0.2, 0.25) is 0 Å². The van der Waals surface area contributed by atoms with Crippen LogP contribution in [0.15, 0.2) is 42.0 Å². The molecule has 0 spiro atoms. The predicted octanol–water partition coefficient (Wildman–Crippen LogP) is 3.86. The Labute approximate surface area is 91.8 Å². The molecular formula is C14H18O. The Balaban J connectivity index is 2.78. The van der Waals surface area contributed by atoms with Gasteiger partial charge in [-0.1, -0.05) is 55.8 Å². The standard InChI is InChI=1S/C14H18O/c1-4-11(2)10-12(3)14(15)13-8-6-5-7-9-13/h5-10,12H,4H2,1-3H3/b11-10+/t12-/m1/s1. The first-order valence-corrected chi connectivity index (χ1v) is 5.41. The first kappa shape index (κ1) is 11.7. The van der Waals surface area contributed by atoms with Gasteiger partial charge in [0.1, 0.15) is 0 Å². The van der Waals surface area contributed by atoms with Crippen molar-refractivity contribution >= 4 is 5.78 Å². The largest absolute Gasteiger partial charge is 0.294 e. The smallest absolute Gasteiger partial charge is 0.169 e. The maximum absolute atomic E-state index is 12.0. The first-order valence-electron chi connectivity index (χ1n) is 5.41. The first-order chi connectivity index (χ1) is 7.15. The van der Waals surface area contributed by atoms with Crippen molar-refractivity contribution in [1.82, 2.24) is 0 Å². The molecule has 1 nitrogen and oxygen atoms in total. The average molecular weight is 202 g/mol. The molecule has 0 bridgehead atoms. The Kier molecular flexibility index (Phi) is 4.29. The van der Waals surface area contributed by atoms with Crippen LogP contribution >= 0.6 is 0 Å². The molecule has 15 heavy (non-hydrogen) atoms. The van der Waals surface area contributed by atoms with E-state index < -0.39 is 0 Å². The fourth-order valence-corrected chi connectivity index (χ4v) is 1.49. The van der Waals surface area contributed by atoms with Crippen LogP contribution in [-0.2, 0) is 0 Å². The van der Waals surface area contributed by atoms with Crippen LogP contribution < -0.4 is 0 Å². The molecule has 0 saturated carbocycles. The van der Waals surface area contributed by atoms with Gasteiger partial charge in [0, 0.05) is 11.5 Å². The molecule has 1 aromatic carbocycles. The number of hydrogen-bond acceptors (Lipinski definition) is 1. The minimum absolute atomic E-state index is 0.0210. The Bertz CT molecular complexity index is 349. The van der Waals surface area contributed by atoms with Gasteiger partial charge in [0.15, 0.2) is 5.78 Å². The lowest BCUT2D eigenvalue weighted by molar-refractivity contribution is 0.0953. The van der Waals surface area contributed by atoms with Crippen LogP contribution in [0, 0.1) is 5.92 Å². The van der Waals surface area contributed by atoms with Crippen LogP contribution in [-0.4, -0.2) is 5.78 Å². The second-order valence-corrected chi connectivity index (χ2v) is 3.89. The third kappa shape index (κ3) is 3.35. The van der Waals surface area contributed by atoms with Crippen molar-refractivity contribution in [2.75, 3.05) is 0 Å². The van der Waals surface area contributed by atoms with E-state index in [1.165, 1.54) is 5.57 Å². The number of rotatable bonds is 4. The summed E-state index contributed by atoms with van der Waals surface area (Å²) in [6, 6.07) is 9.46. The Morgan fingerprint density at radius 2 is 1.93 bits per heavy atom. The maximum Gasteiger partial charge on any atom is 0.169 e.